The third-order valence-corrected chi connectivity index (χ3v) is 6.28. The smallest absolute Gasteiger partial charge is 0.206 e. The molecule has 7 heteroatoms. The first kappa shape index (κ1) is 13.7. The van der Waals surface area contributed by atoms with Crippen molar-refractivity contribution in [3.05, 3.63) is 60.1 Å². The highest BCUT2D eigenvalue weighted by atomic mass is 79.9. The van der Waals surface area contributed by atoms with Crippen LogP contribution >= 0.6 is 27.7 Å². The molecule has 0 fully saturated rings. The van der Waals surface area contributed by atoms with Gasteiger partial charge in [-0.05, 0) is 18.2 Å². The summed E-state index contributed by atoms with van der Waals surface area (Å²) < 4.78 is 27.0. The average molecular weight is 374 g/mol. The van der Waals surface area contributed by atoms with E-state index in [9.17, 15) is 8.42 Å². The number of nitrogens with zero attached hydrogens (tertiary/aromatic N) is 1. The van der Waals surface area contributed by atoms with Crippen molar-refractivity contribution in [2.24, 2.45) is 0 Å². The zero-order valence-electron chi connectivity index (χ0n) is 10.1. The molecule has 2 aromatic rings. The van der Waals surface area contributed by atoms with Crippen LogP contribution in [-0.4, -0.2) is 17.3 Å². The Bertz CT molecular complexity index is 771. The lowest BCUT2D eigenvalue weighted by atomic mass is 10.2. The molecule has 0 bridgehead atoms. The first-order valence-electron chi connectivity index (χ1n) is 5.80. The van der Waals surface area contributed by atoms with Gasteiger partial charge in [-0.1, -0.05) is 29.8 Å². The van der Waals surface area contributed by atoms with Gasteiger partial charge in [0.25, 0.3) is 0 Å². The molecule has 20 heavy (non-hydrogen) atoms. The lowest BCUT2D eigenvalue weighted by molar-refractivity contribution is 0.520. The number of hydrogen-bond donors (Lipinski definition) is 1. The molecule has 3 rings (SSSR count). The number of benzene rings is 1. The Balaban J connectivity index is 2.16. The number of sulfone groups is 1. The van der Waals surface area contributed by atoms with Crippen LogP contribution in [0.1, 0.15) is 16.6 Å². The van der Waals surface area contributed by atoms with Gasteiger partial charge in [0.1, 0.15) is 0 Å². The highest BCUT2D eigenvalue weighted by Gasteiger charge is 2.38. The first-order chi connectivity index (χ1) is 9.51. The number of halogens is 2. The van der Waals surface area contributed by atoms with Gasteiger partial charge in [-0.25, -0.2) is 8.42 Å². The molecule has 1 aromatic carbocycles. The third kappa shape index (κ3) is 2.08. The van der Waals surface area contributed by atoms with Gasteiger partial charge in [0.15, 0.2) is 5.37 Å². The van der Waals surface area contributed by atoms with Gasteiger partial charge in [-0.2, -0.15) is 0 Å². The molecule has 1 unspecified atom stereocenters. The normalized spacial score (nSPS) is 18.6. The van der Waals surface area contributed by atoms with Crippen LogP contribution in [0.5, 0.6) is 0 Å². The maximum atomic E-state index is 12.8. The van der Waals surface area contributed by atoms with Crippen LogP contribution < -0.4 is 0 Å². The summed E-state index contributed by atoms with van der Waals surface area (Å²) in [5.41, 5.74) is 1.25. The van der Waals surface area contributed by atoms with Crippen molar-refractivity contribution in [1.29, 1.82) is 0 Å². The van der Waals surface area contributed by atoms with E-state index in [0.29, 0.717) is 16.3 Å². The van der Waals surface area contributed by atoms with Crippen molar-refractivity contribution < 1.29 is 8.42 Å². The summed E-state index contributed by atoms with van der Waals surface area (Å²) in [6, 6.07) is 10.1. The van der Waals surface area contributed by atoms with E-state index in [4.69, 9.17) is 11.6 Å². The van der Waals surface area contributed by atoms with E-state index in [1.54, 1.807) is 48.8 Å². The van der Waals surface area contributed by atoms with Crippen molar-refractivity contribution in [2.75, 3.05) is 0 Å². The first-order valence-corrected chi connectivity index (χ1v) is 8.43. The second-order valence-electron chi connectivity index (χ2n) is 4.34. The molecule has 0 spiro atoms. The minimum absolute atomic E-state index is 0.265. The van der Waals surface area contributed by atoms with Crippen LogP contribution in [0.2, 0.25) is 0 Å². The van der Waals surface area contributed by atoms with E-state index < -0.39 is 15.2 Å². The SMILES string of the molecule is O=S(=O)(c1ccccc1)C1c2[nH]ccc2C(Cl)=CN1Br. The number of rotatable bonds is 2. The third-order valence-electron chi connectivity index (χ3n) is 3.11. The number of hydrogen-bond acceptors (Lipinski definition) is 3. The molecular weight excluding hydrogens is 364 g/mol. The standard InChI is InChI=1S/C13H10BrClN2O2S/c14-17-8-11(15)10-6-7-16-12(10)13(17)20(18,19)9-4-2-1-3-5-9/h1-8,13,16H. The quantitative estimate of drug-likeness (QED) is 0.818. The molecule has 104 valence electrons. The number of nitrogens with one attached hydrogen (secondary N) is 1. The molecular formula is C13H10BrClN2O2S. The van der Waals surface area contributed by atoms with E-state index >= 15 is 0 Å². The summed E-state index contributed by atoms with van der Waals surface area (Å²) in [6.07, 6.45) is 3.24. The largest absolute Gasteiger partial charge is 0.362 e. The van der Waals surface area contributed by atoms with Gasteiger partial charge in [0.05, 0.1) is 31.8 Å². The van der Waals surface area contributed by atoms with Crippen LogP contribution in [0.25, 0.3) is 5.03 Å². The molecule has 0 amide bonds. The maximum absolute atomic E-state index is 12.8. The summed E-state index contributed by atoms with van der Waals surface area (Å²) in [5.74, 6) is 0. The Hall–Kier alpha value is -1.24. The Morgan fingerprint density at radius 2 is 1.90 bits per heavy atom. The average Bonchev–Trinajstić information content (AvgIpc) is 2.89. The summed E-state index contributed by atoms with van der Waals surface area (Å²) in [5, 5.41) is -0.393. The van der Waals surface area contributed by atoms with E-state index in [-0.39, 0.29) is 4.90 Å². The van der Waals surface area contributed by atoms with E-state index in [0.717, 1.165) is 0 Å². The second kappa shape index (κ2) is 4.95. The van der Waals surface area contributed by atoms with E-state index in [2.05, 4.69) is 21.1 Å². The molecule has 0 aliphatic carbocycles. The zero-order chi connectivity index (χ0) is 14.3. The van der Waals surface area contributed by atoms with E-state index in [1.807, 2.05) is 0 Å². The Labute approximate surface area is 130 Å². The predicted octanol–water partition coefficient (Wildman–Crippen LogP) is 3.65. The predicted molar refractivity (Wildman–Crippen MR) is 81.8 cm³/mol. The molecule has 1 aromatic heterocycles. The zero-order valence-corrected chi connectivity index (χ0v) is 13.3. The van der Waals surface area contributed by atoms with Crippen LogP contribution in [0.4, 0.5) is 0 Å². The fourth-order valence-electron chi connectivity index (χ4n) is 2.19. The minimum atomic E-state index is -3.57. The summed E-state index contributed by atoms with van der Waals surface area (Å²) in [7, 11) is -3.57. The van der Waals surface area contributed by atoms with Crippen molar-refractivity contribution >= 4 is 42.6 Å². The van der Waals surface area contributed by atoms with Crippen molar-refractivity contribution in [1.82, 2.24) is 8.91 Å². The second-order valence-corrected chi connectivity index (χ2v) is 7.57. The number of fused-ring (bicyclic) bond motifs is 1. The minimum Gasteiger partial charge on any atom is -0.362 e. The van der Waals surface area contributed by atoms with Crippen LogP contribution in [0, 0.1) is 0 Å². The maximum Gasteiger partial charge on any atom is 0.206 e. The van der Waals surface area contributed by atoms with Crippen molar-refractivity contribution in [2.45, 2.75) is 10.3 Å². The summed E-state index contributed by atoms with van der Waals surface area (Å²) in [6.45, 7) is 0. The fraction of sp³-hybridized carbons (Fsp3) is 0.0769. The van der Waals surface area contributed by atoms with Crippen molar-refractivity contribution in [3.63, 3.8) is 0 Å². The lowest BCUT2D eigenvalue weighted by Crippen LogP contribution is -2.27. The lowest BCUT2D eigenvalue weighted by Gasteiger charge is -2.28. The van der Waals surface area contributed by atoms with Crippen LogP contribution in [-0.2, 0) is 9.84 Å². The molecule has 2 heterocycles. The van der Waals surface area contributed by atoms with Gasteiger partial charge in [-0.15, -0.1) is 0 Å². The van der Waals surface area contributed by atoms with Gasteiger partial charge < -0.3 is 4.98 Å². The molecule has 0 radical (unpaired) electrons. The molecule has 0 saturated carbocycles. The van der Waals surface area contributed by atoms with Crippen molar-refractivity contribution in [3.8, 4) is 0 Å². The van der Waals surface area contributed by atoms with Crippen LogP contribution in [0.15, 0.2) is 53.7 Å². The Morgan fingerprint density at radius 1 is 1.20 bits per heavy atom. The van der Waals surface area contributed by atoms with Crippen LogP contribution in [0.3, 0.4) is 0 Å². The van der Waals surface area contributed by atoms with Gasteiger partial charge >= 0.3 is 0 Å². The van der Waals surface area contributed by atoms with Gasteiger partial charge in [0.2, 0.25) is 9.84 Å². The molecule has 1 aliphatic rings. The molecule has 1 aliphatic heterocycles. The summed E-state index contributed by atoms with van der Waals surface area (Å²) in [4.78, 5) is 3.23. The van der Waals surface area contributed by atoms with Gasteiger partial charge in [0, 0.05) is 18.0 Å². The highest BCUT2D eigenvalue weighted by molar-refractivity contribution is 9.07. The van der Waals surface area contributed by atoms with Gasteiger partial charge in [-0.3, -0.25) is 3.93 Å². The fourth-order valence-corrected chi connectivity index (χ4v) is 5.27. The highest BCUT2D eigenvalue weighted by Crippen LogP contribution is 2.42. The molecule has 1 atom stereocenters. The summed E-state index contributed by atoms with van der Waals surface area (Å²) >= 11 is 9.38. The monoisotopic (exact) mass is 372 g/mol. The Morgan fingerprint density at radius 3 is 2.60 bits per heavy atom. The molecule has 4 nitrogen and oxygen atoms in total. The Kier molecular flexibility index (Phi) is 3.40. The topological polar surface area (TPSA) is 53.2 Å². The number of aromatic nitrogens is 1. The van der Waals surface area contributed by atoms with E-state index in [1.165, 1.54) is 3.93 Å². The number of aromatic amines is 1. The number of H-pyrrole nitrogens is 1. The molecule has 1 N–H and O–H groups in total. The molecule has 0 saturated heterocycles.